The predicted molar refractivity (Wildman–Crippen MR) is 50.9 cm³/mol. The number of hydrogen-bond donors (Lipinski definition) is 2. The summed E-state index contributed by atoms with van der Waals surface area (Å²) in [6.07, 6.45) is 2.11. The van der Waals surface area contributed by atoms with Gasteiger partial charge in [-0.1, -0.05) is 0 Å². The third kappa shape index (κ3) is 2.07. The van der Waals surface area contributed by atoms with Crippen molar-refractivity contribution < 1.29 is 15.0 Å². The van der Waals surface area contributed by atoms with Crippen LogP contribution < -0.4 is 0 Å². The van der Waals surface area contributed by atoms with Crippen LogP contribution in [0.4, 0.5) is 0 Å². The van der Waals surface area contributed by atoms with E-state index in [4.69, 9.17) is 5.11 Å². The molecule has 2 bridgehead atoms. The molecule has 2 aliphatic rings. The van der Waals surface area contributed by atoms with Gasteiger partial charge in [0, 0.05) is 19.6 Å². The minimum absolute atomic E-state index is 0.144. The molecular formula is C10H17NO3. The van der Waals surface area contributed by atoms with Gasteiger partial charge in [0.2, 0.25) is 0 Å². The van der Waals surface area contributed by atoms with Crippen LogP contribution in [-0.4, -0.2) is 46.8 Å². The Morgan fingerprint density at radius 1 is 1.36 bits per heavy atom. The summed E-state index contributed by atoms with van der Waals surface area (Å²) in [4.78, 5) is 12.6. The standard InChI is InChI=1S/C10H17NO3/c12-9-4-7-3-8(9)6-11(5-7)2-1-10(13)14/h7-9,12H,1-6H2,(H,13,14). The molecule has 2 rings (SSSR count). The molecule has 2 fully saturated rings. The summed E-state index contributed by atoms with van der Waals surface area (Å²) in [5.41, 5.74) is 0. The molecule has 1 saturated carbocycles. The lowest BCUT2D eigenvalue weighted by Gasteiger charge is -2.31. The monoisotopic (exact) mass is 199 g/mol. The number of rotatable bonds is 3. The molecule has 1 aliphatic heterocycles. The molecule has 0 aromatic rings. The van der Waals surface area contributed by atoms with Crippen molar-refractivity contribution >= 4 is 5.97 Å². The van der Waals surface area contributed by atoms with Crippen LogP contribution in [-0.2, 0) is 4.79 Å². The minimum atomic E-state index is -0.733. The second-order valence-corrected chi connectivity index (χ2v) is 4.57. The van der Waals surface area contributed by atoms with Crippen LogP contribution in [0.15, 0.2) is 0 Å². The fraction of sp³-hybridized carbons (Fsp3) is 0.900. The Labute approximate surface area is 83.5 Å². The molecule has 14 heavy (non-hydrogen) atoms. The van der Waals surface area contributed by atoms with Crippen molar-refractivity contribution in [1.82, 2.24) is 4.90 Å². The van der Waals surface area contributed by atoms with Crippen LogP contribution in [0.5, 0.6) is 0 Å². The first-order valence-electron chi connectivity index (χ1n) is 5.27. The van der Waals surface area contributed by atoms with Crippen LogP contribution in [0.2, 0.25) is 0 Å². The van der Waals surface area contributed by atoms with Crippen molar-refractivity contribution in [3.05, 3.63) is 0 Å². The molecule has 2 N–H and O–H groups in total. The molecule has 1 aliphatic carbocycles. The molecule has 0 aromatic carbocycles. The number of aliphatic hydroxyl groups excluding tert-OH is 1. The summed E-state index contributed by atoms with van der Waals surface area (Å²) in [6.45, 7) is 2.49. The number of fused-ring (bicyclic) bond motifs is 2. The van der Waals surface area contributed by atoms with E-state index >= 15 is 0 Å². The summed E-state index contributed by atoms with van der Waals surface area (Å²) < 4.78 is 0. The number of nitrogens with zero attached hydrogens (tertiary/aromatic N) is 1. The van der Waals surface area contributed by atoms with Gasteiger partial charge in [-0.2, -0.15) is 0 Å². The van der Waals surface area contributed by atoms with E-state index in [-0.39, 0.29) is 12.5 Å². The first-order chi connectivity index (χ1) is 6.65. The van der Waals surface area contributed by atoms with Crippen molar-refractivity contribution in [1.29, 1.82) is 0 Å². The van der Waals surface area contributed by atoms with Crippen molar-refractivity contribution in [3.8, 4) is 0 Å². The highest BCUT2D eigenvalue weighted by atomic mass is 16.4. The van der Waals surface area contributed by atoms with E-state index in [2.05, 4.69) is 4.90 Å². The van der Waals surface area contributed by atoms with Crippen LogP contribution in [0.25, 0.3) is 0 Å². The molecule has 3 atom stereocenters. The maximum Gasteiger partial charge on any atom is 0.304 e. The molecule has 4 nitrogen and oxygen atoms in total. The summed E-state index contributed by atoms with van der Waals surface area (Å²) in [6, 6.07) is 0. The zero-order chi connectivity index (χ0) is 10.1. The number of aliphatic hydroxyl groups is 1. The van der Waals surface area contributed by atoms with Crippen molar-refractivity contribution in [2.75, 3.05) is 19.6 Å². The Balaban J connectivity index is 1.83. The molecule has 0 aromatic heterocycles. The zero-order valence-corrected chi connectivity index (χ0v) is 8.22. The third-order valence-corrected chi connectivity index (χ3v) is 3.41. The average molecular weight is 199 g/mol. The molecular weight excluding hydrogens is 182 g/mol. The Bertz CT molecular complexity index is 229. The predicted octanol–water partition coefficient (Wildman–Crippen LogP) is 0.164. The molecule has 1 heterocycles. The normalized spacial score (nSPS) is 37.4. The van der Waals surface area contributed by atoms with Crippen LogP contribution in [0, 0.1) is 11.8 Å². The highest BCUT2D eigenvalue weighted by Crippen LogP contribution is 2.36. The topological polar surface area (TPSA) is 60.8 Å². The molecule has 0 spiro atoms. The Morgan fingerprint density at radius 3 is 2.79 bits per heavy atom. The molecule has 80 valence electrons. The lowest BCUT2D eigenvalue weighted by Crippen LogP contribution is -2.38. The van der Waals surface area contributed by atoms with E-state index < -0.39 is 5.97 Å². The third-order valence-electron chi connectivity index (χ3n) is 3.41. The molecule has 1 saturated heterocycles. The first-order valence-corrected chi connectivity index (χ1v) is 5.27. The molecule has 0 radical (unpaired) electrons. The fourth-order valence-corrected chi connectivity index (χ4v) is 2.77. The molecule has 0 amide bonds. The van der Waals surface area contributed by atoms with Gasteiger partial charge in [0.1, 0.15) is 0 Å². The van der Waals surface area contributed by atoms with E-state index in [1.165, 1.54) is 0 Å². The Hall–Kier alpha value is -0.610. The Kier molecular flexibility index (Phi) is 2.74. The Morgan fingerprint density at radius 2 is 2.14 bits per heavy atom. The van der Waals surface area contributed by atoms with E-state index in [1.807, 2.05) is 0 Å². The van der Waals surface area contributed by atoms with Gasteiger partial charge in [0.25, 0.3) is 0 Å². The van der Waals surface area contributed by atoms with Gasteiger partial charge in [-0.05, 0) is 24.7 Å². The van der Waals surface area contributed by atoms with Crippen LogP contribution in [0.3, 0.4) is 0 Å². The number of carbonyl (C=O) groups is 1. The largest absolute Gasteiger partial charge is 0.481 e. The van der Waals surface area contributed by atoms with E-state index in [0.29, 0.717) is 18.4 Å². The summed E-state index contributed by atoms with van der Waals surface area (Å²) in [7, 11) is 0. The second-order valence-electron chi connectivity index (χ2n) is 4.57. The number of likely N-dealkylation sites (tertiary alicyclic amines) is 1. The fourth-order valence-electron chi connectivity index (χ4n) is 2.77. The van der Waals surface area contributed by atoms with Crippen molar-refractivity contribution in [2.45, 2.75) is 25.4 Å². The second kappa shape index (κ2) is 3.87. The molecule has 4 heteroatoms. The average Bonchev–Trinajstić information content (AvgIpc) is 2.37. The maximum absolute atomic E-state index is 10.4. The summed E-state index contributed by atoms with van der Waals surface area (Å²) >= 11 is 0. The van der Waals surface area contributed by atoms with E-state index in [1.54, 1.807) is 0 Å². The maximum atomic E-state index is 10.4. The zero-order valence-electron chi connectivity index (χ0n) is 8.22. The quantitative estimate of drug-likeness (QED) is 0.680. The summed E-state index contributed by atoms with van der Waals surface area (Å²) in [5, 5.41) is 18.2. The van der Waals surface area contributed by atoms with Crippen LogP contribution >= 0.6 is 0 Å². The van der Waals surface area contributed by atoms with Gasteiger partial charge >= 0.3 is 5.97 Å². The number of piperidine rings is 1. The van der Waals surface area contributed by atoms with Gasteiger partial charge in [-0.3, -0.25) is 4.79 Å². The van der Waals surface area contributed by atoms with Crippen molar-refractivity contribution in [2.24, 2.45) is 11.8 Å². The lowest BCUT2D eigenvalue weighted by atomic mass is 9.98. The lowest BCUT2D eigenvalue weighted by molar-refractivity contribution is -0.137. The number of aliphatic carboxylic acids is 1. The minimum Gasteiger partial charge on any atom is -0.481 e. The van der Waals surface area contributed by atoms with Gasteiger partial charge in [0.05, 0.1) is 12.5 Å². The number of carboxylic acid groups (broad SMARTS) is 1. The van der Waals surface area contributed by atoms with Gasteiger partial charge in [0.15, 0.2) is 0 Å². The van der Waals surface area contributed by atoms with Crippen molar-refractivity contribution in [3.63, 3.8) is 0 Å². The van der Waals surface area contributed by atoms with Crippen LogP contribution in [0.1, 0.15) is 19.3 Å². The summed E-state index contributed by atoms with van der Waals surface area (Å²) in [5.74, 6) is 0.253. The number of hydrogen-bond acceptors (Lipinski definition) is 3. The van der Waals surface area contributed by atoms with Gasteiger partial charge in [-0.25, -0.2) is 0 Å². The highest BCUT2D eigenvalue weighted by Gasteiger charge is 2.38. The number of carboxylic acids is 1. The van der Waals surface area contributed by atoms with E-state index in [9.17, 15) is 9.90 Å². The first kappa shape index (κ1) is 9.93. The smallest absolute Gasteiger partial charge is 0.304 e. The molecule has 3 unspecified atom stereocenters. The van der Waals surface area contributed by atoms with Gasteiger partial charge in [-0.15, -0.1) is 0 Å². The SMILES string of the molecule is O=C(O)CCN1CC2CC(O)C(C2)C1. The van der Waals surface area contributed by atoms with Gasteiger partial charge < -0.3 is 15.1 Å². The van der Waals surface area contributed by atoms with E-state index in [0.717, 1.165) is 25.9 Å². The highest BCUT2D eigenvalue weighted by molar-refractivity contribution is 5.66.